The topological polar surface area (TPSA) is 50.4 Å². The Kier molecular flexibility index (Phi) is 8.79. The number of halogens is 3. The van der Waals surface area contributed by atoms with Gasteiger partial charge in [-0.05, 0) is 19.4 Å². The summed E-state index contributed by atoms with van der Waals surface area (Å²) in [5.74, 6) is -0.656. The molecule has 0 radical (unpaired) electrons. The van der Waals surface area contributed by atoms with Crippen LogP contribution in [0.3, 0.4) is 0 Å². The molecule has 0 saturated carbocycles. The maximum atomic E-state index is 11.7. The third kappa shape index (κ3) is 13.1. The quantitative estimate of drug-likeness (QED) is 0.607. The zero-order valence-electron chi connectivity index (χ0n) is 9.90. The molecule has 0 spiro atoms. The Morgan fingerprint density at radius 3 is 2.59 bits per heavy atom. The molecule has 0 bridgehead atoms. The Labute approximate surface area is 98.9 Å². The third-order valence-corrected chi connectivity index (χ3v) is 1.76. The van der Waals surface area contributed by atoms with Crippen molar-refractivity contribution in [2.75, 3.05) is 32.8 Å². The highest BCUT2D eigenvalue weighted by Gasteiger charge is 2.27. The molecule has 102 valence electrons. The summed E-state index contributed by atoms with van der Waals surface area (Å²) in [6.07, 6.45) is -2.68. The van der Waals surface area contributed by atoms with Gasteiger partial charge in [0.2, 0.25) is 5.91 Å². The molecular formula is C10H19F3N2O2. The molecule has 4 nitrogen and oxygen atoms in total. The third-order valence-electron chi connectivity index (χ3n) is 1.76. The van der Waals surface area contributed by atoms with Crippen molar-refractivity contribution >= 4 is 5.91 Å². The van der Waals surface area contributed by atoms with E-state index in [0.717, 1.165) is 12.8 Å². The summed E-state index contributed by atoms with van der Waals surface area (Å²) < 4.78 is 40.4. The molecule has 2 N–H and O–H groups in total. The number of nitrogens with one attached hydrogen (secondary N) is 2. The van der Waals surface area contributed by atoms with E-state index in [1.807, 2.05) is 6.92 Å². The largest absolute Gasteiger partial charge is 0.405 e. The monoisotopic (exact) mass is 256 g/mol. The smallest absolute Gasteiger partial charge is 0.381 e. The first-order valence-corrected chi connectivity index (χ1v) is 5.57. The van der Waals surface area contributed by atoms with Gasteiger partial charge >= 0.3 is 6.18 Å². The van der Waals surface area contributed by atoms with Crippen LogP contribution in [0.2, 0.25) is 0 Å². The number of rotatable bonds is 9. The van der Waals surface area contributed by atoms with E-state index in [2.05, 4.69) is 5.32 Å². The van der Waals surface area contributed by atoms with Crippen LogP contribution in [-0.4, -0.2) is 44.9 Å². The van der Waals surface area contributed by atoms with Gasteiger partial charge in [0, 0.05) is 13.2 Å². The fraction of sp³-hybridized carbons (Fsp3) is 0.900. The second kappa shape index (κ2) is 9.23. The molecular weight excluding hydrogens is 237 g/mol. The number of alkyl halides is 3. The van der Waals surface area contributed by atoms with Crippen LogP contribution in [0.1, 0.15) is 19.8 Å². The van der Waals surface area contributed by atoms with Crippen LogP contribution in [-0.2, 0) is 9.53 Å². The molecule has 0 saturated heterocycles. The lowest BCUT2D eigenvalue weighted by Crippen LogP contribution is -2.39. The standard InChI is InChI=1S/C10H19F3N2O2/c1-2-5-17-6-3-4-14-7-9(16)15-8-10(11,12)13/h14H,2-8H2,1H3,(H,15,16). The molecule has 0 aromatic carbocycles. The highest BCUT2D eigenvalue weighted by Crippen LogP contribution is 2.11. The van der Waals surface area contributed by atoms with Gasteiger partial charge in [-0.1, -0.05) is 6.92 Å². The van der Waals surface area contributed by atoms with E-state index in [0.29, 0.717) is 19.8 Å². The fourth-order valence-electron chi connectivity index (χ4n) is 1.01. The highest BCUT2D eigenvalue weighted by molar-refractivity contribution is 5.77. The second-order valence-corrected chi connectivity index (χ2v) is 3.53. The van der Waals surface area contributed by atoms with E-state index in [4.69, 9.17) is 4.74 Å². The Morgan fingerprint density at radius 2 is 2.00 bits per heavy atom. The first-order chi connectivity index (χ1) is 7.95. The Morgan fingerprint density at radius 1 is 1.29 bits per heavy atom. The molecule has 0 heterocycles. The summed E-state index contributed by atoms with van der Waals surface area (Å²) >= 11 is 0. The number of ether oxygens (including phenoxy) is 1. The summed E-state index contributed by atoms with van der Waals surface area (Å²) in [7, 11) is 0. The molecule has 0 unspecified atom stereocenters. The predicted octanol–water partition coefficient (Wildman–Crippen LogP) is 1.07. The van der Waals surface area contributed by atoms with E-state index >= 15 is 0 Å². The van der Waals surface area contributed by atoms with Crippen molar-refractivity contribution in [3.63, 3.8) is 0 Å². The Balaban J connectivity index is 3.28. The maximum absolute atomic E-state index is 11.7. The van der Waals surface area contributed by atoms with Crippen LogP contribution < -0.4 is 10.6 Å². The normalized spacial score (nSPS) is 11.5. The molecule has 0 atom stereocenters. The molecule has 0 fully saturated rings. The van der Waals surface area contributed by atoms with E-state index < -0.39 is 18.6 Å². The number of carbonyl (C=O) groups is 1. The lowest BCUT2D eigenvalue weighted by molar-refractivity contribution is -0.137. The fourth-order valence-corrected chi connectivity index (χ4v) is 1.01. The van der Waals surface area contributed by atoms with Crippen LogP contribution in [0.4, 0.5) is 13.2 Å². The number of hydrogen-bond acceptors (Lipinski definition) is 3. The molecule has 1 amide bonds. The van der Waals surface area contributed by atoms with Crippen LogP contribution in [0.5, 0.6) is 0 Å². The maximum Gasteiger partial charge on any atom is 0.405 e. The van der Waals surface area contributed by atoms with Gasteiger partial charge in [-0.3, -0.25) is 4.79 Å². The van der Waals surface area contributed by atoms with E-state index in [9.17, 15) is 18.0 Å². The molecule has 0 rings (SSSR count). The van der Waals surface area contributed by atoms with Gasteiger partial charge in [0.25, 0.3) is 0 Å². The van der Waals surface area contributed by atoms with Gasteiger partial charge in [-0.15, -0.1) is 0 Å². The zero-order chi connectivity index (χ0) is 13.1. The SMILES string of the molecule is CCCOCCCNCC(=O)NCC(F)(F)F. The van der Waals surface area contributed by atoms with Crippen LogP contribution >= 0.6 is 0 Å². The van der Waals surface area contributed by atoms with Crippen molar-refractivity contribution < 1.29 is 22.7 Å². The first kappa shape index (κ1) is 16.2. The number of amides is 1. The van der Waals surface area contributed by atoms with E-state index in [1.54, 1.807) is 5.32 Å². The van der Waals surface area contributed by atoms with Crippen LogP contribution in [0.15, 0.2) is 0 Å². The van der Waals surface area contributed by atoms with Crippen LogP contribution in [0, 0.1) is 0 Å². The van der Waals surface area contributed by atoms with Crippen molar-refractivity contribution in [2.45, 2.75) is 25.9 Å². The second-order valence-electron chi connectivity index (χ2n) is 3.53. The summed E-state index contributed by atoms with van der Waals surface area (Å²) in [4.78, 5) is 10.9. The molecule has 0 aliphatic heterocycles. The molecule has 7 heteroatoms. The van der Waals surface area contributed by atoms with Crippen molar-refractivity contribution in [2.24, 2.45) is 0 Å². The summed E-state index contributed by atoms with van der Waals surface area (Å²) in [5, 5.41) is 4.52. The number of hydrogen-bond donors (Lipinski definition) is 2. The summed E-state index contributed by atoms with van der Waals surface area (Å²) in [6, 6.07) is 0. The molecule has 0 aromatic heterocycles. The van der Waals surface area contributed by atoms with Gasteiger partial charge in [-0.2, -0.15) is 13.2 Å². The Bertz CT molecular complexity index is 210. The Hall–Kier alpha value is -0.820. The van der Waals surface area contributed by atoms with E-state index in [1.165, 1.54) is 0 Å². The minimum Gasteiger partial charge on any atom is -0.381 e. The predicted molar refractivity (Wildman–Crippen MR) is 57.7 cm³/mol. The number of carbonyl (C=O) groups excluding carboxylic acids is 1. The average molecular weight is 256 g/mol. The minimum absolute atomic E-state index is 0.107. The lowest BCUT2D eigenvalue weighted by Gasteiger charge is -2.09. The molecule has 0 aliphatic carbocycles. The van der Waals surface area contributed by atoms with Crippen molar-refractivity contribution in [1.29, 1.82) is 0 Å². The first-order valence-electron chi connectivity index (χ1n) is 5.57. The van der Waals surface area contributed by atoms with Crippen molar-refractivity contribution in [1.82, 2.24) is 10.6 Å². The van der Waals surface area contributed by atoms with Gasteiger partial charge < -0.3 is 15.4 Å². The minimum atomic E-state index is -4.36. The van der Waals surface area contributed by atoms with Gasteiger partial charge in [0.1, 0.15) is 6.54 Å². The highest BCUT2D eigenvalue weighted by atomic mass is 19.4. The van der Waals surface area contributed by atoms with Gasteiger partial charge in [0.05, 0.1) is 6.54 Å². The molecule has 0 aromatic rings. The molecule has 0 aliphatic rings. The zero-order valence-corrected chi connectivity index (χ0v) is 9.90. The van der Waals surface area contributed by atoms with Crippen molar-refractivity contribution in [3.8, 4) is 0 Å². The van der Waals surface area contributed by atoms with Gasteiger partial charge in [-0.25, -0.2) is 0 Å². The van der Waals surface area contributed by atoms with Crippen LogP contribution in [0.25, 0.3) is 0 Å². The lowest BCUT2D eigenvalue weighted by atomic mass is 10.4. The average Bonchev–Trinajstić information content (AvgIpc) is 2.24. The van der Waals surface area contributed by atoms with Crippen molar-refractivity contribution in [3.05, 3.63) is 0 Å². The molecule has 17 heavy (non-hydrogen) atoms. The van der Waals surface area contributed by atoms with Gasteiger partial charge in [0.15, 0.2) is 0 Å². The summed E-state index contributed by atoms with van der Waals surface area (Å²) in [5.41, 5.74) is 0. The summed E-state index contributed by atoms with van der Waals surface area (Å²) in [6.45, 7) is 2.44. The van der Waals surface area contributed by atoms with E-state index in [-0.39, 0.29) is 6.54 Å².